The lowest BCUT2D eigenvalue weighted by Gasteiger charge is -2.48. The van der Waals surface area contributed by atoms with Crippen molar-refractivity contribution in [3.8, 4) is 0 Å². The van der Waals surface area contributed by atoms with Gasteiger partial charge in [-0.15, -0.1) is 0 Å². The molecule has 88 heavy (non-hydrogen) atoms. The Labute approximate surface area is 526 Å². The third kappa shape index (κ3) is 32.3. The summed E-state index contributed by atoms with van der Waals surface area (Å²) in [6, 6.07) is -1.01. The minimum atomic E-state index is -1.99. The van der Waals surface area contributed by atoms with Crippen LogP contribution in [0.15, 0.2) is 97.2 Å². The fourth-order valence-electron chi connectivity index (χ4n) is 10.7. The highest BCUT2D eigenvalue weighted by Crippen LogP contribution is 2.33. The van der Waals surface area contributed by atoms with Crippen LogP contribution >= 0.6 is 0 Å². The Morgan fingerprint density at radius 3 is 1.27 bits per heavy atom. The topological polar surface area (TPSA) is 307 Å². The number of allylic oxidation sites excluding steroid dienone is 15. The zero-order valence-corrected chi connectivity index (χ0v) is 53.2. The molecule has 3 aliphatic rings. The number of rotatable bonds is 49. The molecule has 0 aliphatic carbocycles. The highest BCUT2D eigenvalue weighted by Gasteiger charge is 2.53. The second-order valence-corrected chi connectivity index (χ2v) is 23.5. The van der Waals surface area contributed by atoms with Crippen LogP contribution in [0.5, 0.6) is 0 Å². The van der Waals surface area contributed by atoms with Crippen LogP contribution < -0.4 is 5.32 Å². The first-order valence-electron chi connectivity index (χ1n) is 33.5. The molecular formula is C69H117NO18. The zero-order chi connectivity index (χ0) is 64.0. The van der Waals surface area contributed by atoms with E-state index in [4.69, 9.17) is 28.4 Å². The molecule has 3 fully saturated rings. The first kappa shape index (κ1) is 78.9. The van der Waals surface area contributed by atoms with E-state index in [1.165, 1.54) is 70.6 Å². The Morgan fingerprint density at radius 2 is 0.795 bits per heavy atom. The molecule has 0 aromatic heterocycles. The van der Waals surface area contributed by atoms with Crippen LogP contribution in [-0.2, 0) is 33.2 Å². The van der Waals surface area contributed by atoms with Crippen molar-refractivity contribution in [1.29, 1.82) is 0 Å². The Balaban J connectivity index is 1.47. The molecule has 17 atom stereocenters. The largest absolute Gasteiger partial charge is 0.394 e. The van der Waals surface area contributed by atoms with Crippen molar-refractivity contribution < 1.29 is 89.4 Å². The van der Waals surface area contributed by atoms with Crippen LogP contribution in [0.1, 0.15) is 200 Å². The summed E-state index contributed by atoms with van der Waals surface area (Å²) in [5.41, 5.74) is 0. The van der Waals surface area contributed by atoms with Gasteiger partial charge in [0, 0.05) is 6.42 Å². The van der Waals surface area contributed by atoms with Gasteiger partial charge in [0.1, 0.15) is 73.2 Å². The average Bonchev–Trinajstić information content (AvgIpc) is 3.70. The van der Waals surface area contributed by atoms with Gasteiger partial charge in [-0.25, -0.2) is 0 Å². The van der Waals surface area contributed by atoms with Gasteiger partial charge in [-0.05, 0) is 83.5 Å². The summed E-state index contributed by atoms with van der Waals surface area (Å²) in [7, 11) is 0. The quantitative estimate of drug-likeness (QED) is 0.0202. The van der Waals surface area contributed by atoms with Crippen molar-refractivity contribution in [2.45, 2.75) is 304 Å². The standard InChI is InChI=1S/C69H117NO18/c1-3-5-7-9-11-13-15-17-19-21-23-24-25-26-27-28-29-31-33-35-37-39-41-43-45-47-57(75)70-52(53(74)46-44-42-40-38-36-34-32-30-22-20-18-16-14-12-10-8-6-4-2)51-83-67-63(81)60(78)65(55(49-72)85-67)88-69-64(82)61(79)66(56(50-73)86-69)87-68-62(80)59(77)58(76)54(48-71)84-68/h5,7,11,13,17,19,23-24,26-27,29,31,36,38,44,46,52-56,58-69,71-74,76-82H,3-4,6,8-10,12,14-16,18,20-22,25,28,30,32-35,37,39-43,45,47-51H2,1-2H3,(H,70,75)/b7-5-,13-11-,19-17-,24-23-,27-26-,31-29-,38-36+,46-44+. The fourth-order valence-corrected chi connectivity index (χ4v) is 10.7. The maximum absolute atomic E-state index is 13.4. The number of hydrogen-bond acceptors (Lipinski definition) is 18. The van der Waals surface area contributed by atoms with E-state index < -0.39 is 124 Å². The molecule has 0 radical (unpaired) electrons. The van der Waals surface area contributed by atoms with E-state index in [0.717, 1.165) is 96.3 Å². The summed E-state index contributed by atoms with van der Waals surface area (Å²) < 4.78 is 34.3. The van der Waals surface area contributed by atoms with E-state index in [9.17, 15) is 61.0 Å². The van der Waals surface area contributed by atoms with Gasteiger partial charge in [0.25, 0.3) is 0 Å². The van der Waals surface area contributed by atoms with Crippen molar-refractivity contribution in [2.75, 3.05) is 26.4 Å². The Hall–Kier alpha value is -3.29. The fraction of sp³-hybridized carbons (Fsp3) is 0.754. The highest BCUT2D eigenvalue weighted by atomic mass is 16.8. The third-order valence-corrected chi connectivity index (χ3v) is 16.1. The molecule has 0 aromatic rings. The number of carbonyl (C=O) groups excluding carboxylic acids is 1. The molecule has 0 aromatic carbocycles. The monoisotopic (exact) mass is 1250 g/mol. The molecular weight excluding hydrogens is 1130 g/mol. The molecule has 0 saturated carbocycles. The number of amides is 1. The minimum Gasteiger partial charge on any atom is -0.394 e. The maximum Gasteiger partial charge on any atom is 0.220 e. The number of nitrogens with one attached hydrogen (secondary N) is 1. The normalized spacial score (nSPS) is 29.0. The molecule has 0 spiro atoms. The van der Waals surface area contributed by atoms with Crippen LogP contribution in [0.3, 0.4) is 0 Å². The SMILES string of the molecule is CC/C=C\C/C=C\C/C=C\C/C=C\C/C=C\C/C=C\CCCCCCCCC(=O)NC(COC1OC(CO)C(OC2OC(CO)C(OC3OC(CO)C(O)C(O)C3O)C(O)C2O)C(O)C1O)C(O)/C=C/CC/C=C/CCCCCCCCCCCCCC. The predicted molar refractivity (Wildman–Crippen MR) is 341 cm³/mol. The number of hydrogen-bond donors (Lipinski definition) is 12. The lowest BCUT2D eigenvalue weighted by atomic mass is 9.96. The second kappa shape index (κ2) is 50.3. The summed E-state index contributed by atoms with van der Waals surface area (Å²) >= 11 is 0. The average molecular weight is 1250 g/mol. The van der Waals surface area contributed by atoms with Crippen molar-refractivity contribution >= 4 is 5.91 Å². The molecule has 12 N–H and O–H groups in total. The number of carbonyl (C=O) groups is 1. The predicted octanol–water partition coefficient (Wildman–Crippen LogP) is 8.10. The molecule has 19 heteroatoms. The Kier molecular flexibility index (Phi) is 45.1. The van der Waals surface area contributed by atoms with Crippen molar-refractivity contribution in [2.24, 2.45) is 0 Å². The Bertz CT molecular complexity index is 1970. The molecule has 1 amide bonds. The van der Waals surface area contributed by atoms with Crippen LogP contribution in [0.25, 0.3) is 0 Å². The van der Waals surface area contributed by atoms with Gasteiger partial charge >= 0.3 is 0 Å². The first-order valence-corrected chi connectivity index (χ1v) is 33.5. The number of unbranched alkanes of at least 4 members (excludes halogenated alkanes) is 19. The van der Waals surface area contributed by atoms with E-state index in [1.54, 1.807) is 6.08 Å². The van der Waals surface area contributed by atoms with Gasteiger partial charge < -0.3 is 89.9 Å². The summed E-state index contributed by atoms with van der Waals surface area (Å²) in [4.78, 5) is 13.4. The molecule has 3 rings (SSSR count). The van der Waals surface area contributed by atoms with Crippen LogP contribution in [-0.4, -0.2) is 193 Å². The third-order valence-electron chi connectivity index (χ3n) is 16.1. The Morgan fingerprint density at radius 1 is 0.420 bits per heavy atom. The molecule has 3 aliphatic heterocycles. The molecule has 17 unspecified atom stereocenters. The molecule has 3 heterocycles. The van der Waals surface area contributed by atoms with Crippen molar-refractivity contribution in [3.63, 3.8) is 0 Å². The van der Waals surface area contributed by atoms with Crippen molar-refractivity contribution in [3.05, 3.63) is 97.2 Å². The zero-order valence-electron chi connectivity index (χ0n) is 53.2. The van der Waals surface area contributed by atoms with E-state index in [2.05, 4.69) is 104 Å². The molecule has 506 valence electrons. The van der Waals surface area contributed by atoms with E-state index in [0.29, 0.717) is 12.8 Å². The van der Waals surface area contributed by atoms with Gasteiger partial charge in [-0.1, -0.05) is 207 Å². The molecule has 0 bridgehead atoms. The summed E-state index contributed by atoms with van der Waals surface area (Å²) in [5, 5.41) is 120. The second-order valence-electron chi connectivity index (χ2n) is 23.5. The highest BCUT2D eigenvalue weighted by molar-refractivity contribution is 5.76. The van der Waals surface area contributed by atoms with Crippen LogP contribution in [0.4, 0.5) is 0 Å². The lowest BCUT2D eigenvalue weighted by Crippen LogP contribution is -2.66. The minimum absolute atomic E-state index is 0.212. The lowest BCUT2D eigenvalue weighted by molar-refractivity contribution is -0.379. The molecule has 19 nitrogen and oxygen atoms in total. The number of ether oxygens (including phenoxy) is 6. The first-order chi connectivity index (χ1) is 42.8. The van der Waals surface area contributed by atoms with Gasteiger partial charge in [-0.3, -0.25) is 4.79 Å². The summed E-state index contributed by atoms with van der Waals surface area (Å²) in [6.45, 7) is 1.57. The van der Waals surface area contributed by atoms with Crippen molar-refractivity contribution in [1.82, 2.24) is 5.32 Å². The van der Waals surface area contributed by atoms with Crippen LogP contribution in [0.2, 0.25) is 0 Å². The summed E-state index contributed by atoms with van der Waals surface area (Å²) in [5.74, 6) is -0.304. The van der Waals surface area contributed by atoms with E-state index in [-0.39, 0.29) is 18.9 Å². The molecule has 3 saturated heterocycles. The van der Waals surface area contributed by atoms with Gasteiger partial charge in [0.05, 0.1) is 38.6 Å². The van der Waals surface area contributed by atoms with Crippen LogP contribution in [0, 0.1) is 0 Å². The number of aliphatic hydroxyl groups is 11. The van der Waals surface area contributed by atoms with Gasteiger partial charge in [0.2, 0.25) is 5.91 Å². The number of aliphatic hydroxyl groups excluding tert-OH is 11. The van der Waals surface area contributed by atoms with Gasteiger partial charge in [0.15, 0.2) is 18.9 Å². The van der Waals surface area contributed by atoms with Gasteiger partial charge in [-0.2, -0.15) is 0 Å². The smallest absolute Gasteiger partial charge is 0.220 e. The van der Waals surface area contributed by atoms with E-state index >= 15 is 0 Å². The summed E-state index contributed by atoms with van der Waals surface area (Å²) in [6.07, 6.45) is 38.0. The maximum atomic E-state index is 13.4. The van der Waals surface area contributed by atoms with E-state index in [1.807, 2.05) is 6.08 Å².